The van der Waals surface area contributed by atoms with Gasteiger partial charge in [0.25, 0.3) is 5.91 Å². The molecule has 1 amide bonds. The molecule has 2 saturated heterocycles. The van der Waals surface area contributed by atoms with E-state index in [1.54, 1.807) is 18.2 Å². The van der Waals surface area contributed by atoms with Crippen LogP contribution in [0.2, 0.25) is 0 Å². The highest BCUT2D eigenvalue weighted by Crippen LogP contribution is 2.32. The minimum Gasteiger partial charge on any atom is -0.379 e. The van der Waals surface area contributed by atoms with Gasteiger partial charge >= 0.3 is 0 Å². The number of nitrogens with one attached hydrogen (secondary N) is 1. The number of nitrogens with zero attached hydrogens (tertiary/aromatic N) is 2. The number of carbonyl (C=O) groups excluding carboxylic acids is 1. The quantitative estimate of drug-likeness (QED) is 0.742. The van der Waals surface area contributed by atoms with E-state index in [0.717, 1.165) is 37.2 Å². The van der Waals surface area contributed by atoms with Crippen LogP contribution in [0.25, 0.3) is 0 Å². The molecule has 2 aromatic rings. The van der Waals surface area contributed by atoms with Gasteiger partial charge in [0, 0.05) is 31.7 Å². The molecule has 0 bridgehead atoms. The predicted octanol–water partition coefficient (Wildman–Crippen LogP) is 3.65. The Labute approximate surface area is 190 Å². The number of hydrogen-bond acceptors (Lipinski definition) is 5. The van der Waals surface area contributed by atoms with Crippen molar-refractivity contribution in [3.63, 3.8) is 0 Å². The number of rotatable bonds is 5. The Hall–Kier alpha value is -2.42. The van der Waals surface area contributed by atoms with Gasteiger partial charge in [0.1, 0.15) is 0 Å². The number of anilines is 2. The van der Waals surface area contributed by atoms with Crippen LogP contribution in [0.1, 0.15) is 41.6 Å². The molecule has 2 aliphatic rings. The van der Waals surface area contributed by atoms with E-state index in [4.69, 9.17) is 4.74 Å². The third kappa shape index (κ3) is 4.98. The molecule has 2 fully saturated rings. The van der Waals surface area contributed by atoms with Gasteiger partial charge in [-0.1, -0.05) is 31.0 Å². The van der Waals surface area contributed by atoms with Crippen LogP contribution in [0, 0.1) is 6.92 Å². The maximum absolute atomic E-state index is 13.2. The molecule has 32 heavy (non-hydrogen) atoms. The summed E-state index contributed by atoms with van der Waals surface area (Å²) in [6.45, 7) is 5.13. The fraction of sp³-hybridized carbons (Fsp3) is 0.458. The summed E-state index contributed by atoms with van der Waals surface area (Å²) in [6.07, 6.45) is 4.54. The Balaban J connectivity index is 1.70. The molecular weight excluding hydrogens is 426 g/mol. The molecule has 0 atom stereocenters. The lowest BCUT2D eigenvalue weighted by Gasteiger charge is -2.28. The maximum Gasteiger partial charge on any atom is 0.255 e. The first-order valence-electron chi connectivity index (χ1n) is 11.3. The molecule has 0 aromatic heterocycles. The third-order valence-corrected chi connectivity index (χ3v) is 8.06. The molecule has 0 unspecified atom stereocenters. The van der Waals surface area contributed by atoms with Crippen molar-refractivity contribution in [2.24, 2.45) is 0 Å². The molecule has 8 heteroatoms. The van der Waals surface area contributed by atoms with Crippen LogP contribution in [0.3, 0.4) is 0 Å². The number of carbonyl (C=O) groups is 1. The van der Waals surface area contributed by atoms with Crippen molar-refractivity contribution < 1.29 is 17.9 Å². The van der Waals surface area contributed by atoms with E-state index < -0.39 is 10.0 Å². The minimum atomic E-state index is -3.66. The zero-order chi connectivity index (χ0) is 22.6. The third-order valence-electron chi connectivity index (χ3n) is 6.16. The number of ether oxygens (including phenoxy) is 1. The highest BCUT2D eigenvalue weighted by atomic mass is 32.2. The summed E-state index contributed by atoms with van der Waals surface area (Å²) < 4.78 is 33.2. The van der Waals surface area contributed by atoms with Crippen LogP contribution >= 0.6 is 0 Å². The molecule has 0 aliphatic carbocycles. The fourth-order valence-corrected chi connectivity index (χ4v) is 5.75. The van der Waals surface area contributed by atoms with Crippen LogP contribution in [0.15, 0.2) is 47.4 Å². The minimum absolute atomic E-state index is 0.193. The van der Waals surface area contributed by atoms with E-state index in [1.807, 2.05) is 31.2 Å². The Morgan fingerprint density at radius 2 is 1.62 bits per heavy atom. The Bertz CT molecular complexity index is 1060. The Morgan fingerprint density at radius 1 is 0.938 bits per heavy atom. The molecule has 1 N–H and O–H groups in total. The molecule has 0 spiro atoms. The monoisotopic (exact) mass is 457 g/mol. The molecule has 2 aromatic carbocycles. The van der Waals surface area contributed by atoms with Gasteiger partial charge in [-0.05, 0) is 49.6 Å². The van der Waals surface area contributed by atoms with Crippen LogP contribution in [-0.4, -0.2) is 58.0 Å². The van der Waals surface area contributed by atoms with Crippen molar-refractivity contribution in [3.8, 4) is 0 Å². The van der Waals surface area contributed by atoms with Gasteiger partial charge in [0.05, 0.1) is 29.5 Å². The van der Waals surface area contributed by atoms with Crippen molar-refractivity contribution in [1.82, 2.24) is 4.31 Å². The van der Waals surface area contributed by atoms with Crippen LogP contribution in [-0.2, 0) is 14.8 Å². The number of benzene rings is 2. The maximum atomic E-state index is 13.2. The molecule has 172 valence electrons. The molecular formula is C24H31N3O4S. The predicted molar refractivity (Wildman–Crippen MR) is 126 cm³/mol. The summed E-state index contributed by atoms with van der Waals surface area (Å²) >= 11 is 0. The molecule has 4 rings (SSSR count). The van der Waals surface area contributed by atoms with Gasteiger partial charge in [0.15, 0.2) is 0 Å². The smallest absolute Gasteiger partial charge is 0.255 e. The first-order valence-corrected chi connectivity index (χ1v) is 12.7. The summed E-state index contributed by atoms with van der Waals surface area (Å²) in [4.78, 5) is 15.5. The number of aryl methyl sites for hydroxylation is 1. The average molecular weight is 458 g/mol. The van der Waals surface area contributed by atoms with Crippen LogP contribution in [0.5, 0.6) is 0 Å². The van der Waals surface area contributed by atoms with E-state index in [2.05, 4.69) is 10.2 Å². The van der Waals surface area contributed by atoms with Crippen molar-refractivity contribution in [1.29, 1.82) is 0 Å². The number of hydrogen-bond donors (Lipinski definition) is 1. The fourth-order valence-electron chi connectivity index (χ4n) is 4.32. The van der Waals surface area contributed by atoms with E-state index in [1.165, 1.54) is 17.1 Å². The molecule has 2 aliphatic heterocycles. The molecule has 0 radical (unpaired) electrons. The van der Waals surface area contributed by atoms with Crippen molar-refractivity contribution in [2.45, 2.75) is 37.5 Å². The van der Waals surface area contributed by atoms with Gasteiger partial charge in [-0.15, -0.1) is 0 Å². The van der Waals surface area contributed by atoms with Crippen molar-refractivity contribution in [2.75, 3.05) is 49.6 Å². The number of sulfonamides is 1. The lowest BCUT2D eigenvalue weighted by Crippen LogP contribution is -2.40. The van der Waals surface area contributed by atoms with Crippen LogP contribution < -0.4 is 10.2 Å². The van der Waals surface area contributed by atoms with Gasteiger partial charge in [-0.2, -0.15) is 4.31 Å². The van der Waals surface area contributed by atoms with E-state index in [-0.39, 0.29) is 10.8 Å². The van der Waals surface area contributed by atoms with E-state index in [0.29, 0.717) is 37.6 Å². The SMILES string of the molecule is Cc1ccccc1C(=O)Nc1cc(S(=O)(=O)N2CCOCC2)ccc1N1CCCCCC1. The van der Waals surface area contributed by atoms with Gasteiger partial charge in [-0.3, -0.25) is 4.79 Å². The van der Waals surface area contributed by atoms with Gasteiger partial charge < -0.3 is 15.0 Å². The Morgan fingerprint density at radius 3 is 2.31 bits per heavy atom. The summed E-state index contributed by atoms with van der Waals surface area (Å²) in [7, 11) is -3.66. The largest absolute Gasteiger partial charge is 0.379 e. The lowest BCUT2D eigenvalue weighted by molar-refractivity contribution is 0.0730. The van der Waals surface area contributed by atoms with Gasteiger partial charge in [-0.25, -0.2) is 8.42 Å². The summed E-state index contributed by atoms with van der Waals surface area (Å²) in [5.41, 5.74) is 2.86. The summed E-state index contributed by atoms with van der Waals surface area (Å²) in [5.74, 6) is -0.236. The van der Waals surface area contributed by atoms with Crippen molar-refractivity contribution in [3.05, 3.63) is 53.6 Å². The number of morpholine rings is 1. The van der Waals surface area contributed by atoms with E-state index >= 15 is 0 Å². The average Bonchev–Trinajstić information content (AvgIpc) is 3.09. The van der Waals surface area contributed by atoms with Crippen molar-refractivity contribution >= 4 is 27.3 Å². The first-order chi connectivity index (χ1) is 15.5. The van der Waals surface area contributed by atoms with E-state index in [9.17, 15) is 13.2 Å². The lowest BCUT2D eigenvalue weighted by atomic mass is 10.1. The zero-order valence-corrected chi connectivity index (χ0v) is 19.4. The Kier molecular flexibility index (Phi) is 7.13. The molecule has 2 heterocycles. The number of amides is 1. The summed E-state index contributed by atoms with van der Waals surface area (Å²) in [5, 5.41) is 3.01. The topological polar surface area (TPSA) is 79.0 Å². The zero-order valence-electron chi connectivity index (χ0n) is 18.5. The normalized spacial score (nSPS) is 18.2. The molecule has 7 nitrogen and oxygen atoms in total. The van der Waals surface area contributed by atoms with Crippen LogP contribution in [0.4, 0.5) is 11.4 Å². The standard InChI is InChI=1S/C24H31N3O4S/c1-19-8-4-5-9-21(19)24(28)25-22-18-20(32(29,30)27-14-16-31-17-15-27)10-11-23(22)26-12-6-2-3-7-13-26/h4-5,8-11,18H,2-3,6-7,12-17H2,1H3,(H,25,28). The second-order valence-corrected chi connectivity index (χ2v) is 10.3. The highest BCUT2D eigenvalue weighted by molar-refractivity contribution is 7.89. The second-order valence-electron chi connectivity index (χ2n) is 8.37. The second kappa shape index (κ2) is 10.0. The highest BCUT2D eigenvalue weighted by Gasteiger charge is 2.28. The molecule has 0 saturated carbocycles. The van der Waals surface area contributed by atoms with Gasteiger partial charge in [0.2, 0.25) is 10.0 Å². The first kappa shape index (κ1) is 22.8. The summed E-state index contributed by atoms with van der Waals surface area (Å²) in [6, 6.07) is 12.5.